The zero-order valence-electron chi connectivity index (χ0n) is 11.2. The fourth-order valence-corrected chi connectivity index (χ4v) is 2.57. The van der Waals surface area contributed by atoms with Crippen LogP contribution in [0.4, 0.5) is 0 Å². The van der Waals surface area contributed by atoms with E-state index >= 15 is 0 Å². The summed E-state index contributed by atoms with van der Waals surface area (Å²) < 4.78 is 0. The van der Waals surface area contributed by atoms with Crippen molar-refractivity contribution in [2.75, 3.05) is 7.05 Å². The van der Waals surface area contributed by atoms with Gasteiger partial charge in [-0.1, -0.05) is 18.2 Å². The van der Waals surface area contributed by atoms with E-state index in [0.29, 0.717) is 0 Å². The van der Waals surface area contributed by atoms with E-state index in [1.165, 1.54) is 0 Å². The third-order valence-corrected chi connectivity index (χ3v) is 3.61. The Morgan fingerprint density at radius 1 is 1.42 bits per heavy atom. The maximum absolute atomic E-state index is 7.45. The Bertz CT molecular complexity index is 576. The number of nitrogen functional groups attached to an aromatic ring is 1. The molecule has 5 heteroatoms. The van der Waals surface area contributed by atoms with E-state index < -0.39 is 0 Å². The summed E-state index contributed by atoms with van der Waals surface area (Å²) in [5.74, 6) is 0.111. The second kappa shape index (κ2) is 5.95. The van der Waals surface area contributed by atoms with Gasteiger partial charge in [-0.2, -0.15) is 0 Å². The van der Waals surface area contributed by atoms with Crippen LogP contribution in [0.25, 0.3) is 0 Å². The molecule has 0 saturated heterocycles. The first-order valence-corrected chi connectivity index (χ1v) is 6.95. The van der Waals surface area contributed by atoms with Crippen molar-refractivity contribution in [2.24, 2.45) is 5.73 Å². The van der Waals surface area contributed by atoms with Crippen molar-refractivity contribution in [2.45, 2.75) is 20.0 Å². The van der Waals surface area contributed by atoms with E-state index in [4.69, 9.17) is 11.1 Å². The van der Waals surface area contributed by atoms with Gasteiger partial charge >= 0.3 is 0 Å². The zero-order valence-corrected chi connectivity index (χ0v) is 12.0. The number of amidine groups is 1. The second-order valence-corrected chi connectivity index (χ2v) is 5.71. The summed E-state index contributed by atoms with van der Waals surface area (Å²) in [5.41, 5.74) is 8.53. The van der Waals surface area contributed by atoms with Gasteiger partial charge in [0.1, 0.15) is 5.84 Å². The Morgan fingerprint density at radius 3 is 2.84 bits per heavy atom. The van der Waals surface area contributed by atoms with E-state index in [0.717, 1.165) is 34.9 Å². The van der Waals surface area contributed by atoms with Crippen molar-refractivity contribution in [3.05, 3.63) is 51.5 Å². The molecule has 0 unspecified atom stereocenters. The molecule has 0 atom stereocenters. The molecule has 1 heterocycles. The molecular formula is C14H18N4S. The number of hydrogen-bond donors (Lipinski definition) is 2. The Labute approximate surface area is 117 Å². The third kappa shape index (κ3) is 3.87. The summed E-state index contributed by atoms with van der Waals surface area (Å²) in [5, 5.41) is 10.6. The van der Waals surface area contributed by atoms with Gasteiger partial charge in [0.05, 0.1) is 10.7 Å². The average Bonchev–Trinajstić information content (AvgIpc) is 2.74. The summed E-state index contributed by atoms with van der Waals surface area (Å²) in [6, 6.07) is 7.81. The summed E-state index contributed by atoms with van der Waals surface area (Å²) >= 11 is 1.68. The Kier molecular flexibility index (Phi) is 4.29. The Morgan fingerprint density at radius 2 is 2.21 bits per heavy atom. The fourth-order valence-electron chi connectivity index (χ4n) is 1.96. The molecule has 0 bridgehead atoms. The summed E-state index contributed by atoms with van der Waals surface area (Å²) in [6.07, 6.45) is 0. The summed E-state index contributed by atoms with van der Waals surface area (Å²) in [6.45, 7) is 3.66. The van der Waals surface area contributed by atoms with Crippen molar-refractivity contribution < 1.29 is 0 Å². The number of nitrogens with zero attached hydrogens (tertiary/aromatic N) is 2. The van der Waals surface area contributed by atoms with Gasteiger partial charge in [0.25, 0.3) is 0 Å². The summed E-state index contributed by atoms with van der Waals surface area (Å²) in [7, 11) is 2.06. The molecule has 0 aliphatic rings. The molecule has 0 saturated carbocycles. The molecule has 1 aromatic carbocycles. The van der Waals surface area contributed by atoms with Crippen molar-refractivity contribution in [1.29, 1.82) is 5.41 Å². The van der Waals surface area contributed by atoms with Gasteiger partial charge < -0.3 is 5.73 Å². The van der Waals surface area contributed by atoms with Gasteiger partial charge in [-0.15, -0.1) is 11.3 Å². The lowest BCUT2D eigenvalue weighted by Gasteiger charge is -2.15. The van der Waals surface area contributed by atoms with E-state index in [1.54, 1.807) is 11.3 Å². The molecule has 0 amide bonds. The number of aryl methyl sites for hydroxylation is 1. The minimum absolute atomic E-state index is 0.111. The number of nitrogens with two attached hydrogens (primary N) is 1. The number of rotatable bonds is 5. The molecule has 2 aromatic rings. The first-order chi connectivity index (χ1) is 9.04. The lowest BCUT2D eigenvalue weighted by atomic mass is 10.1. The van der Waals surface area contributed by atoms with E-state index in [9.17, 15) is 0 Å². The van der Waals surface area contributed by atoms with Crippen LogP contribution in [0, 0.1) is 12.3 Å². The number of nitrogens with one attached hydrogen (secondary N) is 1. The smallest absolute Gasteiger partial charge is 0.122 e. The standard InChI is InChI=1S/C14H18N4S/c1-10-17-13(9-19-10)8-18(2)7-11-4-3-5-12(6-11)14(15)16/h3-6,9H,7-8H2,1-2H3,(H3,15,16). The van der Waals surface area contributed by atoms with Gasteiger partial charge in [-0.25, -0.2) is 4.98 Å². The van der Waals surface area contributed by atoms with Crippen LogP contribution >= 0.6 is 11.3 Å². The highest BCUT2D eigenvalue weighted by Gasteiger charge is 2.05. The van der Waals surface area contributed by atoms with E-state index in [2.05, 4.69) is 28.4 Å². The topological polar surface area (TPSA) is 66.0 Å². The predicted molar refractivity (Wildman–Crippen MR) is 79.5 cm³/mol. The molecule has 3 N–H and O–H groups in total. The van der Waals surface area contributed by atoms with Crippen LogP contribution in [0.1, 0.15) is 21.8 Å². The van der Waals surface area contributed by atoms with Crippen molar-refractivity contribution >= 4 is 17.2 Å². The van der Waals surface area contributed by atoms with Gasteiger partial charge in [-0.05, 0) is 25.6 Å². The maximum Gasteiger partial charge on any atom is 0.122 e. The quantitative estimate of drug-likeness (QED) is 0.650. The highest BCUT2D eigenvalue weighted by atomic mass is 32.1. The monoisotopic (exact) mass is 274 g/mol. The SMILES string of the molecule is Cc1nc(CN(C)Cc2cccc(C(=N)N)c2)cs1. The highest BCUT2D eigenvalue weighted by molar-refractivity contribution is 7.09. The number of thiazole rings is 1. The molecule has 0 radical (unpaired) electrons. The number of benzene rings is 1. The van der Waals surface area contributed by atoms with E-state index in [1.807, 2.05) is 25.1 Å². The first-order valence-electron chi connectivity index (χ1n) is 6.07. The number of hydrogen-bond acceptors (Lipinski definition) is 4. The van der Waals surface area contributed by atoms with Crippen LogP contribution in [0.2, 0.25) is 0 Å². The molecule has 2 rings (SSSR count). The van der Waals surface area contributed by atoms with Gasteiger partial charge in [0, 0.05) is 24.0 Å². The molecule has 100 valence electrons. The van der Waals surface area contributed by atoms with Gasteiger partial charge in [-0.3, -0.25) is 10.3 Å². The average molecular weight is 274 g/mol. The van der Waals surface area contributed by atoms with Crippen LogP contribution in [-0.2, 0) is 13.1 Å². The van der Waals surface area contributed by atoms with E-state index in [-0.39, 0.29) is 5.84 Å². The van der Waals surface area contributed by atoms with Crippen molar-refractivity contribution in [3.63, 3.8) is 0 Å². The molecule has 0 spiro atoms. The minimum atomic E-state index is 0.111. The molecule has 0 aliphatic carbocycles. The predicted octanol–water partition coefficient (Wildman–Crippen LogP) is 2.37. The minimum Gasteiger partial charge on any atom is -0.384 e. The van der Waals surface area contributed by atoms with Crippen LogP contribution in [0.3, 0.4) is 0 Å². The number of aromatic nitrogens is 1. The summed E-state index contributed by atoms with van der Waals surface area (Å²) in [4.78, 5) is 6.66. The first kappa shape index (κ1) is 13.7. The van der Waals surface area contributed by atoms with Crippen molar-refractivity contribution in [1.82, 2.24) is 9.88 Å². The van der Waals surface area contributed by atoms with Crippen LogP contribution in [0.5, 0.6) is 0 Å². The molecule has 4 nitrogen and oxygen atoms in total. The molecule has 0 fully saturated rings. The highest BCUT2D eigenvalue weighted by Crippen LogP contribution is 2.12. The van der Waals surface area contributed by atoms with Gasteiger partial charge in [0.15, 0.2) is 0 Å². The molecule has 0 aliphatic heterocycles. The fraction of sp³-hybridized carbons (Fsp3) is 0.286. The maximum atomic E-state index is 7.45. The normalized spacial score (nSPS) is 10.9. The van der Waals surface area contributed by atoms with Crippen LogP contribution in [-0.4, -0.2) is 22.8 Å². The Hall–Kier alpha value is -1.72. The largest absolute Gasteiger partial charge is 0.384 e. The van der Waals surface area contributed by atoms with Crippen molar-refractivity contribution in [3.8, 4) is 0 Å². The van der Waals surface area contributed by atoms with Crippen LogP contribution in [0.15, 0.2) is 29.6 Å². The third-order valence-electron chi connectivity index (χ3n) is 2.79. The molecule has 1 aromatic heterocycles. The molecular weight excluding hydrogens is 256 g/mol. The van der Waals surface area contributed by atoms with Crippen LogP contribution < -0.4 is 5.73 Å². The molecule has 19 heavy (non-hydrogen) atoms. The lowest BCUT2D eigenvalue weighted by molar-refractivity contribution is 0.315. The Balaban J connectivity index is 2.00. The van der Waals surface area contributed by atoms with Gasteiger partial charge in [0.2, 0.25) is 0 Å². The lowest BCUT2D eigenvalue weighted by Crippen LogP contribution is -2.18. The second-order valence-electron chi connectivity index (χ2n) is 4.64. The zero-order chi connectivity index (χ0) is 13.8.